The topological polar surface area (TPSA) is 52.9 Å². The third kappa shape index (κ3) is 4.49. The summed E-state index contributed by atoms with van der Waals surface area (Å²) in [7, 11) is 0. The molecule has 1 N–H and O–H groups in total. The lowest BCUT2D eigenvalue weighted by Crippen LogP contribution is -2.44. The highest BCUT2D eigenvalue weighted by molar-refractivity contribution is 5.85. The van der Waals surface area contributed by atoms with E-state index < -0.39 is 5.41 Å². The third-order valence-electron chi connectivity index (χ3n) is 2.80. The van der Waals surface area contributed by atoms with Crippen molar-refractivity contribution in [1.29, 1.82) is 5.26 Å². The van der Waals surface area contributed by atoms with Gasteiger partial charge in [0.1, 0.15) is 5.41 Å². The van der Waals surface area contributed by atoms with Crippen LogP contribution >= 0.6 is 0 Å². The highest BCUT2D eigenvalue weighted by atomic mass is 16.2. The molecule has 1 amide bonds. The van der Waals surface area contributed by atoms with E-state index in [4.69, 9.17) is 6.42 Å². The van der Waals surface area contributed by atoms with Gasteiger partial charge in [0.15, 0.2) is 0 Å². The molecule has 1 unspecified atom stereocenters. The number of carbonyl (C=O) groups excluding carboxylic acids is 1. The lowest BCUT2D eigenvalue weighted by molar-refractivity contribution is -0.129. The van der Waals surface area contributed by atoms with Crippen LogP contribution in [0.5, 0.6) is 0 Å². The van der Waals surface area contributed by atoms with E-state index in [1.165, 1.54) is 0 Å². The molecule has 0 aromatic carbocycles. The van der Waals surface area contributed by atoms with Crippen molar-refractivity contribution in [2.75, 3.05) is 0 Å². The molecule has 0 spiro atoms. The van der Waals surface area contributed by atoms with Crippen LogP contribution < -0.4 is 5.32 Å². The van der Waals surface area contributed by atoms with E-state index in [-0.39, 0.29) is 11.9 Å². The average molecular weight is 234 g/mol. The molecule has 3 heteroatoms. The largest absolute Gasteiger partial charge is 0.351 e. The molecule has 1 atom stereocenters. The quantitative estimate of drug-likeness (QED) is 0.688. The summed E-state index contributed by atoms with van der Waals surface area (Å²) in [5.74, 6) is 2.33. The predicted octanol–water partition coefficient (Wildman–Crippen LogP) is 2.62. The number of rotatable bonds is 7. The molecule has 0 aliphatic carbocycles. The van der Waals surface area contributed by atoms with E-state index in [0.717, 1.165) is 12.8 Å². The Hall–Kier alpha value is -1.48. The van der Waals surface area contributed by atoms with Crippen LogP contribution in [-0.4, -0.2) is 11.9 Å². The van der Waals surface area contributed by atoms with Gasteiger partial charge in [0.25, 0.3) is 0 Å². The molecule has 0 aromatic heterocycles. The van der Waals surface area contributed by atoms with Crippen LogP contribution in [0.3, 0.4) is 0 Å². The molecule has 0 radical (unpaired) electrons. The number of nitriles is 1. The normalized spacial score (nSPS) is 12.3. The molecule has 0 rings (SSSR count). The van der Waals surface area contributed by atoms with Crippen molar-refractivity contribution in [2.24, 2.45) is 5.41 Å². The lowest BCUT2D eigenvalue weighted by atomic mass is 9.79. The number of amides is 1. The maximum Gasteiger partial charge on any atom is 0.240 e. The molecule has 0 aromatic rings. The summed E-state index contributed by atoms with van der Waals surface area (Å²) in [6, 6.07) is 2.13. The van der Waals surface area contributed by atoms with E-state index in [2.05, 4.69) is 17.3 Å². The van der Waals surface area contributed by atoms with E-state index in [0.29, 0.717) is 19.3 Å². The van der Waals surface area contributed by atoms with Gasteiger partial charge in [0.05, 0.1) is 6.07 Å². The summed E-state index contributed by atoms with van der Waals surface area (Å²) in [4.78, 5) is 12.2. The fourth-order valence-corrected chi connectivity index (χ4v) is 1.96. The van der Waals surface area contributed by atoms with Gasteiger partial charge in [-0.2, -0.15) is 5.26 Å². The second kappa shape index (κ2) is 7.74. The Balaban J connectivity index is 4.76. The van der Waals surface area contributed by atoms with Crippen LogP contribution in [0.1, 0.15) is 52.9 Å². The number of carbonyl (C=O) groups is 1. The van der Waals surface area contributed by atoms with Crippen molar-refractivity contribution in [3.8, 4) is 18.4 Å². The van der Waals surface area contributed by atoms with E-state index in [9.17, 15) is 10.1 Å². The van der Waals surface area contributed by atoms with Crippen molar-refractivity contribution in [3.63, 3.8) is 0 Å². The number of hydrogen-bond acceptors (Lipinski definition) is 2. The fourth-order valence-electron chi connectivity index (χ4n) is 1.96. The molecule has 0 aliphatic rings. The van der Waals surface area contributed by atoms with Crippen LogP contribution in [0, 0.1) is 29.1 Å². The Morgan fingerprint density at radius 1 is 1.41 bits per heavy atom. The molecular weight excluding hydrogens is 212 g/mol. The molecule has 0 heterocycles. The second-order valence-corrected chi connectivity index (χ2v) is 4.48. The number of terminal acetylenes is 1. The minimum atomic E-state index is -0.883. The van der Waals surface area contributed by atoms with Gasteiger partial charge in [0.2, 0.25) is 5.91 Å². The molecule has 0 fully saturated rings. The highest BCUT2D eigenvalue weighted by Gasteiger charge is 2.37. The second-order valence-electron chi connectivity index (χ2n) is 4.48. The van der Waals surface area contributed by atoms with Gasteiger partial charge in [-0.15, -0.1) is 12.3 Å². The zero-order chi connectivity index (χ0) is 13.3. The molecule has 0 saturated carbocycles. The van der Waals surface area contributed by atoms with Gasteiger partial charge in [-0.3, -0.25) is 4.79 Å². The van der Waals surface area contributed by atoms with Crippen LogP contribution in [0.15, 0.2) is 0 Å². The first-order valence-electron chi connectivity index (χ1n) is 6.22. The first kappa shape index (κ1) is 15.5. The van der Waals surface area contributed by atoms with Gasteiger partial charge >= 0.3 is 0 Å². The molecular formula is C14H22N2O. The fraction of sp³-hybridized carbons (Fsp3) is 0.714. The predicted molar refractivity (Wildman–Crippen MR) is 68.9 cm³/mol. The zero-order valence-corrected chi connectivity index (χ0v) is 11.0. The highest BCUT2D eigenvalue weighted by Crippen LogP contribution is 2.29. The maximum atomic E-state index is 12.2. The first-order valence-corrected chi connectivity index (χ1v) is 6.22. The van der Waals surface area contributed by atoms with Crippen molar-refractivity contribution in [3.05, 3.63) is 0 Å². The standard InChI is InChI=1S/C14H22N2O/c1-5-8-12(4)16-13(17)14(11-15,9-6-2)10-7-3/h1,12H,6-10H2,2-4H3,(H,16,17). The lowest BCUT2D eigenvalue weighted by Gasteiger charge is -2.26. The Bertz CT molecular complexity index is 316. The maximum absolute atomic E-state index is 12.2. The zero-order valence-electron chi connectivity index (χ0n) is 11.0. The van der Waals surface area contributed by atoms with Crippen LogP contribution in [0.4, 0.5) is 0 Å². The summed E-state index contributed by atoms with van der Waals surface area (Å²) in [6.07, 6.45) is 8.54. The summed E-state index contributed by atoms with van der Waals surface area (Å²) < 4.78 is 0. The van der Waals surface area contributed by atoms with E-state index >= 15 is 0 Å². The monoisotopic (exact) mass is 234 g/mol. The summed E-state index contributed by atoms with van der Waals surface area (Å²) in [5, 5.41) is 12.1. The van der Waals surface area contributed by atoms with Gasteiger partial charge in [0, 0.05) is 12.5 Å². The van der Waals surface area contributed by atoms with Crippen molar-refractivity contribution in [1.82, 2.24) is 5.32 Å². The van der Waals surface area contributed by atoms with Gasteiger partial charge in [-0.1, -0.05) is 26.7 Å². The van der Waals surface area contributed by atoms with Crippen molar-refractivity contribution in [2.45, 2.75) is 58.9 Å². The smallest absolute Gasteiger partial charge is 0.240 e. The number of nitrogens with zero attached hydrogens (tertiary/aromatic N) is 1. The van der Waals surface area contributed by atoms with Crippen LogP contribution in [0.2, 0.25) is 0 Å². The number of hydrogen-bond donors (Lipinski definition) is 1. The van der Waals surface area contributed by atoms with Crippen molar-refractivity contribution < 1.29 is 4.79 Å². The summed E-state index contributed by atoms with van der Waals surface area (Å²) in [6.45, 7) is 5.83. The summed E-state index contributed by atoms with van der Waals surface area (Å²) >= 11 is 0. The van der Waals surface area contributed by atoms with Crippen molar-refractivity contribution >= 4 is 5.91 Å². The minimum absolute atomic E-state index is 0.0751. The van der Waals surface area contributed by atoms with E-state index in [1.54, 1.807) is 0 Å². The van der Waals surface area contributed by atoms with Gasteiger partial charge in [-0.05, 0) is 19.8 Å². The Labute approximate surface area is 105 Å². The SMILES string of the molecule is C#CCC(C)NC(=O)C(C#N)(CCC)CCC. The molecule has 3 nitrogen and oxygen atoms in total. The minimum Gasteiger partial charge on any atom is -0.351 e. The number of nitrogens with one attached hydrogen (secondary N) is 1. The first-order chi connectivity index (χ1) is 8.06. The third-order valence-corrected chi connectivity index (χ3v) is 2.80. The van der Waals surface area contributed by atoms with Crippen LogP contribution in [-0.2, 0) is 4.79 Å². The Morgan fingerprint density at radius 3 is 2.29 bits per heavy atom. The molecule has 0 saturated heterocycles. The van der Waals surface area contributed by atoms with Gasteiger partial charge < -0.3 is 5.32 Å². The Kier molecular flexibility index (Phi) is 7.06. The molecule has 0 aliphatic heterocycles. The summed E-state index contributed by atoms with van der Waals surface area (Å²) in [5.41, 5.74) is -0.883. The Morgan fingerprint density at radius 2 is 1.94 bits per heavy atom. The molecule has 0 bridgehead atoms. The van der Waals surface area contributed by atoms with Gasteiger partial charge in [-0.25, -0.2) is 0 Å². The molecule has 17 heavy (non-hydrogen) atoms. The van der Waals surface area contributed by atoms with E-state index in [1.807, 2.05) is 20.8 Å². The average Bonchev–Trinajstić information content (AvgIpc) is 2.28. The molecule has 94 valence electrons. The van der Waals surface area contributed by atoms with Crippen LogP contribution in [0.25, 0.3) is 0 Å².